The van der Waals surface area contributed by atoms with Crippen LogP contribution in [0.25, 0.3) is 10.9 Å². The Morgan fingerprint density at radius 2 is 2.05 bits per heavy atom. The molecule has 0 spiro atoms. The van der Waals surface area contributed by atoms with E-state index in [9.17, 15) is 0 Å². The molecule has 0 radical (unpaired) electrons. The molecule has 0 unspecified atom stereocenters. The predicted octanol–water partition coefficient (Wildman–Crippen LogP) is 2.80. The van der Waals surface area contributed by atoms with E-state index in [1.807, 2.05) is 13.8 Å². The molecule has 1 aliphatic heterocycles. The van der Waals surface area contributed by atoms with Crippen molar-refractivity contribution in [3.05, 3.63) is 23.3 Å². The second kappa shape index (κ2) is 4.76. The summed E-state index contributed by atoms with van der Waals surface area (Å²) in [5.41, 5.74) is 3.26. The van der Waals surface area contributed by atoms with E-state index in [0.717, 1.165) is 48.1 Å². The van der Waals surface area contributed by atoms with E-state index in [2.05, 4.69) is 32.8 Å². The zero-order valence-corrected chi connectivity index (χ0v) is 11.9. The Morgan fingerprint density at radius 3 is 2.84 bits per heavy atom. The van der Waals surface area contributed by atoms with Gasteiger partial charge in [0.25, 0.3) is 0 Å². The van der Waals surface area contributed by atoms with Crippen molar-refractivity contribution in [1.82, 2.24) is 15.0 Å². The molecule has 0 fully saturated rings. The van der Waals surface area contributed by atoms with Crippen LogP contribution in [0.2, 0.25) is 0 Å². The van der Waals surface area contributed by atoms with E-state index in [1.165, 1.54) is 18.2 Å². The van der Waals surface area contributed by atoms with Gasteiger partial charge in [-0.1, -0.05) is 13.3 Å². The molecule has 0 amide bonds. The van der Waals surface area contributed by atoms with Crippen molar-refractivity contribution in [2.45, 2.75) is 40.0 Å². The lowest BCUT2D eigenvalue weighted by molar-refractivity contribution is 0.689. The molecule has 4 heteroatoms. The molecular weight excluding hydrogens is 236 g/mol. The molecule has 0 N–H and O–H groups in total. The first-order valence-corrected chi connectivity index (χ1v) is 7.09. The van der Waals surface area contributed by atoms with Gasteiger partial charge in [0.05, 0.1) is 16.6 Å². The molecule has 0 atom stereocenters. The molecule has 0 saturated heterocycles. The first kappa shape index (κ1) is 12.3. The lowest BCUT2D eigenvalue weighted by Gasteiger charge is -2.29. The maximum absolute atomic E-state index is 4.67. The topological polar surface area (TPSA) is 41.9 Å². The normalized spacial score (nSPS) is 14.2. The Labute approximate surface area is 113 Å². The summed E-state index contributed by atoms with van der Waals surface area (Å²) >= 11 is 0. The largest absolute Gasteiger partial charge is 0.356 e. The summed E-state index contributed by atoms with van der Waals surface area (Å²) in [5.74, 6) is 1.94. The van der Waals surface area contributed by atoms with Crippen LogP contribution in [0.3, 0.4) is 0 Å². The highest BCUT2D eigenvalue weighted by Crippen LogP contribution is 2.31. The highest BCUT2D eigenvalue weighted by molar-refractivity contribution is 5.93. The summed E-state index contributed by atoms with van der Waals surface area (Å²) in [5, 5.41) is 1.17. The standard InChI is InChI=1S/C15H20N4/c1-4-5-7-19-8-6-12-14-13(9-10(2)16-12)17-11(3)18-15(14)19/h9H,4-8H2,1-3H3. The number of unbranched alkanes of at least 4 members (excludes halogenated alkanes) is 1. The molecule has 19 heavy (non-hydrogen) atoms. The fraction of sp³-hybridized carbons (Fsp3) is 0.533. The van der Waals surface area contributed by atoms with Gasteiger partial charge in [0.15, 0.2) is 0 Å². The third kappa shape index (κ3) is 2.15. The Morgan fingerprint density at radius 1 is 1.21 bits per heavy atom. The minimum Gasteiger partial charge on any atom is -0.356 e. The second-order valence-corrected chi connectivity index (χ2v) is 5.29. The highest BCUT2D eigenvalue weighted by atomic mass is 15.2. The number of aromatic nitrogens is 3. The van der Waals surface area contributed by atoms with Gasteiger partial charge in [-0.3, -0.25) is 4.98 Å². The van der Waals surface area contributed by atoms with E-state index in [0.29, 0.717) is 0 Å². The molecule has 1 aliphatic rings. The van der Waals surface area contributed by atoms with E-state index >= 15 is 0 Å². The second-order valence-electron chi connectivity index (χ2n) is 5.29. The lowest BCUT2D eigenvalue weighted by atomic mass is 10.1. The zero-order valence-electron chi connectivity index (χ0n) is 11.9. The van der Waals surface area contributed by atoms with Crippen LogP contribution in [-0.4, -0.2) is 28.0 Å². The van der Waals surface area contributed by atoms with E-state index in [-0.39, 0.29) is 0 Å². The summed E-state index contributed by atoms with van der Waals surface area (Å²) in [6.07, 6.45) is 3.42. The third-order valence-corrected chi connectivity index (χ3v) is 3.67. The van der Waals surface area contributed by atoms with Crippen molar-refractivity contribution in [1.29, 1.82) is 0 Å². The third-order valence-electron chi connectivity index (χ3n) is 3.67. The number of hydrogen-bond acceptors (Lipinski definition) is 4. The summed E-state index contributed by atoms with van der Waals surface area (Å²) in [6.45, 7) is 8.34. The van der Waals surface area contributed by atoms with Crippen molar-refractivity contribution in [2.24, 2.45) is 0 Å². The molecule has 0 aromatic carbocycles. The van der Waals surface area contributed by atoms with Gasteiger partial charge in [-0.05, 0) is 26.3 Å². The predicted molar refractivity (Wildman–Crippen MR) is 77.6 cm³/mol. The van der Waals surface area contributed by atoms with Crippen molar-refractivity contribution >= 4 is 16.7 Å². The van der Waals surface area contributed by atoms with Gasteiger partial charge in [0.1, 0.15) is 11.6 Å². The number of hydrogen-bond donors (Lipinski definition) is 0. The summed E-state index contributed by atoms with van der Waals surface area (Å²) < 4.78 is 0. The van der Waals surface area contributed by atoms with Crippen molar-refractivity contribution in [2.75, 3.05) is 18.0 Å². The maximum atomic E-state index is 4.67. The molecular formula is C15H20N4. The smallest absolute Gasteiger partial charge is 0.142 e. The van der Waals surface area contributed by atoms with Crippen LogP contribution in [-0.2, 0) is 6.42 Å². The van der Waals surface area contributed by atoms with Gasteiger partial charge < -0.3 is 4.90 Å². The van der Waals surface area contributed by atoms with E-state index < -0.39 is 0 Å². The lowest BCUT2D eigenvalue weighted by Crippen LogP contribution is -2.32. The Bertz CT molecular complexity index is 616. The molecule has 0 saturated carbocycles. The number of anilines is 1. The molecule has 4 nitrogen and oxygen atoms in total. The number of rotatable bonds is 3. The fourth-order valence-corrected chi connectivity index (χ4v) is 2.78. The summed E-state index contributed by atoms with van der Waals surface area (Å²) in [4.78, 5) is 16.3. The number of aryl methyl sites for hydroxylation is 2. The van der Waals surface area contributed by atoms with Crippen LogP contribution in [0.5, 0.6) is 0 Å². The first-order valence-electron chi connectivity index (χ1n) is 7.09. The quantitative estimate of drug-likeness (QED) is 0.847. The van der Waals surface area contributed by atoms with Gasteiger partial charge >= 0.3 is 0 Å². The molecule has 2 aromatic rings. The van der Waals surface area contributed by atoms with Gasteiger partial charge in [-0.15, -0.1) is 0 Å². The van der Waals surface area contributed by atoms with E-state index in [4.69, 9.17) is 0 Å². The van der Waals surface area contributed by atoms with E-state index in [1.54, 1.807) is 0 Å². The Hall–Kier alpha value is -1.71. The first-order chi connectivity index (χ1) is 9.19. The molecule has 3 heterocycles. The molecule has 3 rings (SSSR count). The van der Waals surface area contributed by atoms with Crippen LogP contribution in [0.4, 0.5) is 5.82 Å². The van der Waals surface area contributed by atoms with Crippen LogP contribution in [0.15, 0.2) is 6.07 Å². The maximum Gasteiger partial charge on any atom is 0.142 e. The Kier molecular flexibility index (Phi) is 3.09. The average molecular weight is 256 g/mol. The van der Waals surface area contributed by atoms with Gasteiger partial charge in [0, 0.05) is 25.2 Å². The van der Waals surface area contributed by atoms with Crippen LogP contribution in [0, 0.1) is 13.8 Å². The summed E-state index contributed by atoms with van der Waals surface area (Å²) in [7, 11) is 0. The average Bonchev–Trinajstić information content (AvgIpc) is 2.37. The molecule has 100 valence electrons. The molecule has 0 aliphatic carbocycles. The fourth-order valence-electron chi connectivity index (χ4n) is 2.78. The monoisotopic (exact) mass is 256 g/mol. The molecule has 0 bridgehead atoms. The zero-order chi connectivity index (χ0) is 13.4. The number of pyridine rings is 1. The SMILES string of the molecule is CCCCN1CCc2nc(C)cc3nc(C)nc1c23. The van der Waals surface area contributed by atoms with Gasteiger partial charge in [-0.2, -0.15) is 0 Å². The molecule has 2 aromatic heterocycles. The van der Waals surface area contributed by atoms with Crippen LogP contribution in [0.1, 0.15) is 37.0 Å². The van der Waals surface area contributed by atoms with Crippen molar-refractivity contribution < 1.29 is 0 Å². The van der Waals surface area contributed by atoms with Gasteiger partial charge in [0.2, 0.25) is 0 Å². The minimum absolute atomic E-state index is 0.849. The minimum atomic E-state index is 0.849. The van der Waals surface area contributed by atoms with Crippen molar-refractivity contribution in [3.8, 4) is 0 Å². The van der Waals surface area contributed by atoms with Gasteiger partial charge in [-0.25, -0.2) is 9.97 Å². The number of nitrogens with zero attached hydrogens (tertiary/aromatic N) is 4. The summed E-state index contributed by atoms with van der Waals surface area (Å²) in [6, 6.07) is 2.07. The van der Waals surface area contributed by atoms with Crippen LogP contribution < -0.4 is 4.90 Å². The van der Waals surface area contributed by atoms with Crippen LogP contribution >= 0.6 is 0 Å². The van der Waals surface area contributed by atoms with Crippen molar-refractivity contribution in [3.63, 3.8) is 0 Å². The Balaban J connectivity index is 2.17. The highest BCUT2D eigenvalue weighted by Gasteiger charge is 2.22.